The van der Waals surface area contributed by atoms with Crippen LogP contribution in [0.1, 0.15) is 32.1 Å². The van der Waals surface area contributed by atoms with E-state index >= 15 is 0 Å². The summed E-state index contributed by atoms with van der Waals surface area (Å²) >= 11 is 0. The molecule has 1 spiro atoms. The van der Waals surface area contributed by atoms with E-state index in [-0.39, 0.29) is 11.7 Å². The molecule has 0 radical (unpaired) electrons. The van der Waals surface area contributed by atoms with E-state index in [0.717, 1.165) is 19.3 Å². The molecule has 2 nitrogen and oxygen atoms in total. The maximum absolute atomic E-state index is 11.5. The van der Waals surface area contributed by atoms with Crippen LogP contribution in [0, 0.1) is 0 Å². The molecule has 0 bridgehead atoms. The minimum absolute atomic E-state index is 0.0843. The Hall–Kier alpha value is -0.890. The van der Waals surface area contributed by atoms with E-state index in [2.05, 4.69) is 18.7 Å². The highest BCUT2D eigenvalue weighted by Gasteiger charge is 2.38. The molecule has 1 fully saturated rings. The zero-order valence-electron chi connectivity index (χ0n) is 8.37. The number of hydrogen-bond acceptors (Lipinski definition) is 2. The van der Waals surface area contributed by atoms with Gasteiger partial charge in [0.05, 0.1) is 11.7 Å². The predicted molar refractivity (Wildman–Crippen MR) is 55.0 cm³/mol. The van der Waals surface area contributed by atoms with Gasteiger partial charge >= 0.3 is 0 Å². The van der Waals surface area contributed by atoms with E-state index in [0.29, 0.717) is 18.6 Å². The summed E-state index contributed by atoms with van der Waals surface area (Å²) in [5, 5.41) is 0. The number of carbonyl (C=O) groups is 1. The van der Waals surface area contributed by atoms with Crippen LogP contribution in [0.4, 0.5) is 0 Å². The van der Waals surface area contributed by atoms with Crippen molar-refractivity contribution in [3.05, 3.63) is 24.8 Å². The van der Waals surface area contributed by atoms with Crippen LogP contribution in [-0.2, 0) is 9.53 Å². The van der Waals surface area contributed by atoms with Gasteiger partial charge in [0.25, 0.3) is 0 Å². The van der Waals surface area contributed by atoms with Crippen LogP contribution in [-0.4, -0.2) is 17.5 Å². The number of hydrogen-bond donors (Lipinski definition) is 0. The molecule has 1 aliphatic carbocycles. The molecule has 0 aromatic rings. The number of rotatable bonds is 1. The van der Waals surface area contributed by atoms with Gasteiger partial charge in [0.2, 0.25) is 0 Å². The van der Waals surface area contributed by atoms with Crippen LogP contribution in [0.5, 0.6) is 0 Å². The molecule has 0 amide bonds. The minimum Gasteiger partial charge on any atom is -0.363 e. The summed E-state index contributed by atoms with van der Waals surface area (Å²) in [5.74, 6) is 0.299. The molecule has 14 heavy (non-hydrogen) atoms. The summed E-state index contributed by atoms with van der Waals surface area (Å²) in [6.45, 7) is 3.70. The predicted octanol–water partition coefficient (Wildman–Crippen LogP) is 2.40. The Balaban J connectivity index is 2.17. The maximum atomic E-state index is 11.5. The molecule has 2 rings (SSSR count). The van der Waals surface area contributed by atoms with E-state index in [4.69, 9.17) is 4.74 Å². The molecular formula is C12H16O2. The first-order chi connectivity index (χ1) is 6.74. The molecule has 0 unspecified atom stereocenters. The van der Waals surface area contributed by atoms with Crippen molar-refractivity contribution >= 4 is 5.78 Å². The molecule has 0 aromatic carbocycles. The smallest absolute Gasteiger partial charge is 0.139 e. The largest absolute Gasteiger partial charge is 0.363 e. The lowest BCUT2D eigenvalue weighted by Gasteiger charge is -2.39. The van der Waals surface area contributed by atoms with Gasteiger partial charge in [-0.2, -0.15) is 0 Å². The zero-order valence-corrected chi connectivity index (χ0v) is 8.37. The summed E-state index contributed by atoms with van der Waals surface area (Å²) < 4.78 is 5.91. The Bertz CT molecular complexity index is 280. The van der Waals surface area contributed by atoms with Crippen LogP contribution in [0.25, 0.3) is 0 Å². The highest BCUT2D eigenvalue weighted by Crippen LogP contribution is 2.35. The third kappa shape index (κ3) is 1.80. The molecule has 2 atom stereocenters. The SMILES string of the molecule is C=C[C@H]1CC(=O)C[C@@]2(C=CCCC2)O1. The highest BCUT2D eigenvalue weighted by molar-refractivity contribution is 5.81. The minimum atomic E-state index is -0.299. The van der Waals surface area contributed by atoms with Gasteiger partial charge in [0, 0.05) is 12.8 Å². The lowest BCUT2D eigenvalue weighted by Crippen LogP contribution is -2.43. The van der Waals surface area contributed by atoms with Crippen molar-refractivity contribution in [1.82, 2.24) is 0 Å². The van der Waals surface area contributed by atoms with Crippen LogP contribution >= 0.6 is 0 Å². The topological polar surface area (TPSA) is 26.3 Å². The molecule has 0 aromatic heterocycles. The van der Waals surface area contributed by atoms with Crippen molar-refractivity contribution in [1.29, 1.82) is 0 Å². The van der Waals surface area contributed by atoms with Crippen molar-refractivity contribution in [2.24, 2.45) is 0 Å². The highest BCUT2D eigenvalue weighted by atomic mass is 16.5. The van der Waals surface area contributed by atoms with Crippen LogP contribution in [0.2, 0.25) is 0 Å². The van der Waals surface area contributed by atoms with E-state index in [1.807, 2.05) is 0 Å². The number of allylic oxidation sites excluding steroid dienone is 1. The van der Waals surface area contributed by atoms with Gasteiger partial charge in [-0.3, -0.25) is 4.79 Å². The zero-order chi connectivity index (χ0) is 10.0. The lowest BCUT2D eigenvalue weighted by atomic mass is 9.83. The fourth-order valence-corrected chi connectivity index (χ4v) is 2.29. The molecule has 2 aliphatic rings. The second-order valence-corrected chi connectivity index (χ2v) is 4.17. The monoisotopic (exact) mass is 192 g/mol. The summed E-state index contributed by atoms with van der Waals surface area (Å²) in [6, 6.07) is 0. The van der Waals surface area contributed by atoms with Crippen molar-refractivity contribution < 1.29 is 9.53 Å². The number of ketones is 1. The Labute approximate surface area is 84.6 Å². The van der Waals surface area contributed by atoms with Crippen molar-refractivity contribution in [3.8, 4) is 0 Å². The Morgan fingerprint density at radius 1 is 1.64 bits per heavy atom. The Morgan fingerprint density at radius 2 is 2.50 bits per heavy atom. The quantitative estimate of drug-likeness (QED) is 0.596. The van der Waals surface area contributed by atoms with Gasteiger partial charge in [-0.25, -0.2) is 0 Å². The second kappa shape index (κ2) is 3.70. The number of Topliss-reactive ketones (excluding diaryl/α,β-unsaturated/α-hetero) is 1. The fourth-order valence-electron chi connectivity index (χ4n) is 2.29. The Morgan fingerprint density at radius 3 is 3.14 bits per heavy atom. The first-order valence-electron chi connectivity index (χ1n) is 5.24. The first-order valence-corrected chi connectivity index (χ1v) is 5.24. The fraction of sp³-hybridized carbons (Fsp3) is 0.583. The van der Waals surface area contributed by atoms with E-state index < -0.39 is 0 Å². The maximum Gasteiger partial charge on any atom is 0.139 e. The van der Waals surface area contributed by atoms with Gasteiger partial charge in [-0.15, -0.1) is 6.58 Å². The van der Waals surface area contributed by atoms with Gasteiger partial charge in [-0.1, -0.05) is 18.2 Å². The van der Waals surface area contributed by atoms with Crippen LogP contribution in [0.3, 0.4) is 0 Å². The Kier molecular flexibility index (Phi) is 2.55. The van der Waals surface area contributed by atoms with Gasteiger partial charge < -0.3 is 4.74 Å². The standard InChI is InChI=1S/C12H16O2/c1-2-11-8-10(13)9-12(14-11)6-4-3-5-7-12/h2,4,6,11H,1,3,5,7-9H2/t11-,12-/m0/s1. The van der Waals surface area contributed by atoms with Crippen molar-refractivity contribution in [2.45, 2.75) is 43.8 Å². The van der Waals surface area contributed by atoms with E-state index in [1.165, 1.54) is 0 Å². The number of carbonyl (C=O) groups excluding carboxylic acids is 1. The third-order valence-corrected chi connectivity index (χ3v) is 2.97. The van der Waals surface area contributed by atoms with Crippen molar-refractivity contribution in [2.75, 3.05) is 0 Å². The molecule has 0 saturated carbocycles. The lowest BCUT2D eigenvalue weighted by molar-refractivity contribution is -0.142. The third-order valence-electron chi connectivity index (χ3n) is 2.97. The van der Waals surface area contributed by atoms with Crippen LogP contribution in [0.15, 0.2) is 24.8 Å². The molecule has 76 valence electrons. The molecule has 0 N–H and O–H groups in total. The second-order valence-electron chi connectivity index (χ2n) is 4.17. The molecule has 1 heterocycles. The van der Waals surface area contributed by atoms with Gasteiger partial charge in [-0.05, 0) is 19.3 Å². The van der Waals surface area contributed by atoms with Gasteiger partial charge in [0.1, 0.15) is 5.78 Å². The first kappa shape index (κ1) is 9.66. The van der Waals surface area contributed by atoms with E-state index in [9.17, 15) is 4.79 Å². The van der Waals surface area contributed by atoms with Crippen LogP contribution < -0.4 is 0 Å². The molecule has 2 heteroatoms. The summed E-state index contributed by atoms with van der Waals surface area (Å²) in [6.07, 6.45) is 10.1. The molecule has 1 saturated heterocycles. The van der Waals surface area contributed by atoms with E-state index in [1.54, 1.807) is 6.08 Å². The van der Waals surface area contributed by atoms with Gasteiger partial charge in [0.15, 0.2) is 0 Å². The summed E-state index contributed by atoms with van der Waals surface area (Å²) in [7, 11) is 0. The molecule has 1 aliphatic heterocycles. The summed E-state index contributed by atoms with van der Waals surface area (Å²) in [4.78, 5) is 11.5. The average molecular weight is 192 g/mol. The van der Waals surface area contributed by atoms with Crippen molar-refractivity contribution in [3.63, 3.8) is 0 Å². The average Bonchev–Trinajstić information content (AvgIpc) is 2.17. The number of ether oxygens (including phenoxy) is 1. The normalized spacial score (nSPS) is 37.4. The summed E-state index contributed by atoms with van der Waals surface area (Å²) in [5.41, 5.74) is -0.299. The molecular weight excluding hydrogens is 176 g/mol.